The van der Waals surface area contributed by atoms with Crippen molar-refractivity contribution in [3.8, 4) is 0 Å². The second-order valence-electron chi connectivity index (χ2n) is 8.71. The largest absolute Gasteiger partial charge is 0.444 e. The normalized spacial score (nSPS) is 21.4. The summed E-state index contributed by atoms with van der Waals surface area (Å²) in [6.07, 6.45) is 2.32. The summed E-state index contributed by atoms with van der Waals surface area (Å²) in [7, 11) is 0. The predicted octanol–water partition coefficient (Wildman–Crippen LogP) is 1.97. The Hall–Kier alpha value is -1.50. The molecular formula is C19H37N5O2. The van der Waals surface area contributed by atoms with Crippen molar-refractivity contribution in [2.45, 2.75) is 59.1 Å². The van der Waals surface area contributed by atoms with E-state index < -0.39 is 5.60 Å². The fourth-order valence-corrected chi connectivity index (χ4v) is 3.55. The second-order valence-corrected chi connectivity index (χ2v) is 8.71. The number of carbonyl (C=O) groups excluding carboxylic acids is 1. The molecule has 0 radical (unpaired) electrons. The SMILES string of the molecule is CC(C)C(CN=C(N)N1CCN(C(=O)OC(C)(C)C)CC1)N1CCCC1. The number of carbonyl (C=O) groups is 1. The number of amides is 1. The first kappa shape index (κ1) is 20.8. The Balaban J connectivity index is 1.83. The molecule has 1 amide bonds. The van der Waals surface area contributed by atoms with Crippen molar-refractivity contribution in [2.24, 2.45) is 16.6 Å². The molecular weight excluding hydrogens is 330 g/mol. The van der Waals surface area contributed by atoms with Gasteiger partial charge >= 0.3 is 6.09 Å². The van der Waals surface area contributed by atoms with Crippen LogP contribution in [0, 0.1) is 5.92 Å². The van der Waals surface area contributed by atoms with Gasteiger partial charge in [-0.1, -0.05) is 13.8 Å². The number of likely N-dealkylation sites (tertiary alicyclic amines) is 1. The van der Waals surface area contributed by atoms with Crippen molar-refractivity contribution in [2.75, 3.05) is 45.8 Å². The Morgan fingerprint density at radius 3 is 2.08 bits per heavy atom. The molecule has 0 aromatic carbocycles. The van der Waals surface area contributed by atoms with Crippen LogP contribution in [0.1, 0.15) is 47.5 Å². The molecule has 1 unspecified atom stereocenters. The van der Waals surface area contributed by atoms with Gasteiger partial charge in [-0.3, -0.25) is 9.89 Å². The van der Waals surface area contributed by atoms with Crippen LogP contribution in [-0.2, 0) is 4.74 Å². The minimum Gasteiger partial charge on any atom is -0.444 e. The number of guanidine groups is 1. The molecule has 2 heterocycles. The molecule has 2 saturated heterocycles. The summed E-state index contributed by atoms with van der Waals surface area (Å²) in [4.78, 5) is 23.2. The first-order valence-corrected chi connectivity index (χ1v) is 9.94. The molecule has 7 nitrogen and oxygen atoms in total. The van der Waals surface area contributed by atoms with Crippen LogP contribution in [0.2, 0.25) is 0 Å². The molecule has 1 atom stereocenters. The summed E-state index contributed by atoms with van der Waals surface area (Å²) >= 11 is 0. The monoisotopic (exact) mass is 367 g/mol. The number of aliphatic imine (C=N–C) groups is 1. The number of piperazine rings is 1. The van der Waals surface area contributed by atoms with Gasteiger partial charge in [0.1, 0.15) is 5.60 Å². The van der Waals surface area contributed by atoms with Gasteiger partial charge in [-0.25, -0.2) is 4.79 Å². The molecule has 2 fully saturated rings. The van der Waals surface area contributed by atoms with Gasteiger partial charge in [0.05, 0.1) is 6.54 Å². The summed E-state index contributed by atoms with van der Waals surface area (Å²) in [5.41, 5.74) is 5.78. The summed E-state index contributed by atoms with van der Waals surface area (Å²) in [6, 6.07) is 0.458. The fraction of sp³-hybridized carbons (Fsp3) is 0.895. The second kappa shape index (κ2) is 8.93. The third-order valence-corrected chi connectivity index (χ3v) is 5.07. The predicted molar refractivity (Wildman–Crippen MR) is 105 cm³/mol. The molecule has 0 aliphatic carbocycles. The zero-order valence-corrected chi connectivity index (χ0v) is 17.2. The van der Waals surface area contributed by atoms with Crippen molar-refractivity contribution in [3.05, 3.63) is 0 Å². The Morgan fingerprint density at radius 1 is 1.04 bits per heavy atom. The quantitative estimate of drug-likeness (QED) is 0.607. The molecule has 2 aliphatic heterocycles. The third-order valence-electron chi connectivity index (χ3n) is 5.07. The lowest BCUT2D eigenvalue weighted by atomic mass is 10.0. The highest BCUT2D eigenvalue weighted by molar-refractivity contribution is 5.78. The van der Waals surface area contributed by atoms with Crippen LogP contribution < -0.4 is 5.73 Å². The molecule has 0 aromatic heterocycles. The highest BCUT2D eigenvalue weighted by atomic mass is 16.6. The summed E-state index contributed by atoms with van der Waals surface area (Å²) in [5, 5.41) is 0. The van der Waals surface area contributed by atoms with Crippen LogP contribution >= 0.6 is 0 Å². The van der Waals surface area contributed by atoms with E-state index in [1.165, 1.54) is 25.9 Å². The molecule has 2 N–H and O–H groups in total. The highest BCUT2D eigenvalue weighted by Crippen LogP contribution is 2.18. The van der Waals surface area contributed by atoms with Gasteiger partial charge < -0.3 is 20.3 Å². The van der Waals surface area contributed by atoms with Gasteiger partial charge in [0.15, 0.2) is 5.96 Å². The number of rotatable bonds is 4. The van der Waals surface area contributed by atoms with Crippen molar-refractivity contribution >= 4 is 12.1 Å². The zero-order chi connectivity index (χ0) is 19.3. The van der Waals surface area contributed by atoms with E-state index >= 15 is 0 Å². The Labute approximate surface area is 158 Å². The molecule has 2 rings (SSSR count). The molecule has 0 saturated carbocycles. The fourth-order valence-electron chi connectivity index (χ4n) is 3.55. The molecule has 0 spiro atoms. The maximum atomic E-state index is 12.1. The molecule has 7 heteroatoms. The number of nitrogens with two attached hydrogens (primary N) is 1. The summed E-state index contributed by atoms with van der Waals surface area (Å²) in [6.45, 7) is 15.9. The van der Waals surface area contributed by atoms with Gasteiger partial charge in [-0.05, 0) is 52.6 Å². The number of hydrogen-bond donors (Lipinski definition) is 1. The molecule has 26 heavy (non-hydrogen) atoms. The minimum atomic E-state index is -0.462. The average Bonchev–Trinajstić information content (AvgIpc) is 3.07. The lowest BCUT2D eigenvalue weighted by Crippen LogP contribution is -2.53. The van der Waals surface area contributed by atoms with Crippen LogP contribution in [0.5, 0.6) is 0 Å². The summed E-state index contributed by atoms with van der Waals surface area (Å²) < 4.78 is 5.44. The molecule has 2 aliphatic rings. The zero-order valence-electron chi connectivity index (χ0n) is 17.2. The van der Waals surface area contributed by atoms with E-state index in [4.69, 9.17) is 10.5 Å². The van der Waals surface area contributed by atoms with E-state index in [9.17, 15) is 4.79 Å². The van der Waals surface area contributed by atoms with Crippen molar-refractivity contribution in [1.29, 1.82) is 0 Å². The van der Waals surface area contributed by atoms with Gasteiger partial charge in [-0.15, -0.1) is 0 Å². The maximum Gasteiger partial charge on any atom is 0.410 e. The number of hydrogen-bond acceptors (Lipinski definition) is 4. The van der Waals surface area contributed by atoms with Crippen LogP contribution in [0.25, 0.3) is 0 Å². The Morgan fingerprint density at radius 2 is 1.58 bits per heavy atom. The van der Waals surface area contributed by atoms with Gasteiger partial charge in [0.25, 0.3) is 0 Å². The molecule has 0 bridgehead atoms. The Kier molecular flexibility index (Phi) is 7.15. The van der Waals surface area contributed by atoms with Crippen LogP contribution in [-0.4, -0.2) is 84.2 Å². The van der Waals surface area contributed by atoms with Crippen LogP contribution in [0.3, 0.4) is 0 Å². The lowest BCUT2D eigenvalue weighted by Gasteiger charge is -2.36. The van der Waals surface area contributed by atoms with Gasteiger partial charge in [0.2, 0.25) is 0 Å². The van der Waals surface area contributed by atoms with E-state index in [0.717, 1.165) is 6.54 Å². The van der Waals surface area contributed by atoms with E-state index in [-0.39, 0.29) is 6.09 Å². The van der Waals surface area contributed by atoms with Gasteiger partial charge in [-0.2, -0.15) is 0 Å². The Bertz CT molecular complexity index is 487. The number of nitrogens with zero attached hydrogens (tertiary/aromatic N) is 4. The van der Waals surface area contributed by atoms with Crippen LogP contribution in [0.15, 0.2) is 4.99 Å². The summed E-state index contributed by atoms with van der Waals surface area (Å²) in [5.74, 6) is 1.16. The van der Waals surface area contributed by atoms with E-state index in [2.05, 4.69) is 28.6 Å². The van der Waals surface area contributed by atoms with Gasteiger partial charge in [0, 0.05) is 32.2 Å². The highest BCUT2D eigenvalue weighted by Gasteiger charge is 2.27. The molecule has 0 aromatic rings. The number of ether oxygens (including phenoxy) is 1. The molecule has 150 valence electrons. The van der Waals surface area contributed by atoms with Crippen LogP contribution in [0.4, 0.5) is 4.79 Å². The smallest absolute Gasteiger partial charge is 0.410 e. The lowest BCUT2D eigenvalue weighted by molar-refractivity contribution is 0.0186. The standard InChI is InChI=1S/C19H37N5O2/c1-15(2)16(22-8-6-7-9-22)14-21-17(20)23-10-12-24(13-11-23)18(25)26-19(3,4)5/h15-16H,6-14H2,1-5H3,(H2,20,21). The first-order valence-electron chi connectivity index (χ1n) is 9.94. The topological polar surface area (TPSA) is 74.4 Å². The first-order chi connectivity index (χ1) is 12.2. The van der Waals surface area contributed by atoms with E-state index in [1.54, 1.807) is 4.90 Å². The van der Waals surface area contributed by atoms with Crippen molar-refractivity contribution < 1.29 is 9.53 Å². The van der Waals surface area contributed by atoms with E-state index in [1.807, 2.05) is 20.8 Å². The minimum absolute atomic E-state index is 0.249. The van der Waals surface area contributed by atoms with E-state index in [0.29, 0.717) is 44.1 Å². The third kappa shape index (κ3) is 6.04. The maximum absolute atomic E-state index is 12.1. The van der Waals surface area contributed by atoms with Crippen molar-refractivity contribution in [1.82, 2.24) is 14.7 Å². The van der Waals surface area contributed by atoms with Crippen molar-refractivity contribution in [3.63, 3.8) is 0 Å². The average molecular weight is 368 g/mol.